The van der Waals surface area contributed by atoms with Crippen LogP contribution in [0.4, 0.5) is 5.69 Å². The van der Waals surface area contributed by atoms with E-state index < -0.39 is 4.92 Å². The van der Waals surface area contributed by atoms with Gasteiger partial charge in [-0.1, -0.05) is 36.4 Å². The third-order valence-corrected chi connectivity index (χ3v) is 5.49. The van der Waals surface area contributed by atoms with Gasteiger partial charge in [0.2, 0.25) is 4.80 Å². The molecule has 0 bridgehead atoms. The van der Waals surface area contributed by atoms with Crippen LogP contribution < -0.4 is 4.80 Å². The number of fused-ring (bicyclic) bond motifs is 1. The molecule has 1 N–H and O–H groups in total. The number of nitrogens with zero attached hydrogens (tertiary/aromatic N) is 4. The molecule has 0 aliphatic rings. The molecule has 7 nitrogen and oxygen atoms in total. The number of hydrogen-bond donors (Lipinski definition) is 1. The molecule has 0 unspecified atom stereocenters. The van der Waals surface area contributed by atoms with Crippen molar-refractivity contribution in [2.24, 2.45) is 10.1 Å². The van der Waals surface area contributed by atoms with E-state index in [-0.39, 0.29) is 5.69 Å². The Kier molecular flexibility index (Phi) is 5.40. The minimum absolute atomic E-state index is 0.0336. The number of hydrogen-bond acceptors (Lipinski definition) is 5. The number of thiazole rings is 1. The SMILES string of the molecule is C=CCN=c1scc(-c2cccc([N+](=O)[O-])c2)n1N=Cc1c(C)[nH]c2ccccc12. The van der Waals surface area contributed by atoms with Crippen LogP contribution in [-0.4, -0.2) is 27.3 Å². The summed E-state index contributed by atoms with van der Waals surface area (Å²) in [5.41, 5.74) is 4.52. The Hall–Kier alpha value is -3.78. The molecule has 0 saturated carbocycles. The first kappa shape index (κ1) is 19.5. The Morgan fingerprint density at radius 1 is 1.27 bits per heavy atom. The summed E-state index contributed by atoms with van der Waals surface area (Å²) in [6.45, 7) is 6.18. The van der Waals surface area contributed by atoms with Gasteiger partial charge in [-0.2, -0.15) is 5.10 Å². The van der Waals surface area contributed by atoms with Crippen LogP contribution in [0.5, 0.6) is 0 Å². The highest BCUT2D eigenvalue weighted by atomic mass is 32.1. The van der Waals surface area contributed by atoms with Gasteiger partial charge < -0.3 is 4.98 Å². The molecular formula is C22H19N5O2S. The van der Waals surface area contributed by atoms with Gasteiger partial charge in [0.1, 0.15) is 0 Å². The molecule has 0 saturated heterocycles. The van der Waals surface area contributed by atoms with Crippen LogP contribution in [0.25, 0.3) is 22.2 Å². The lowest BCUT2D eigenvalue weighted by Crippen LogP contribution is -2.12. The van der Waals surface area contributed by atoms with Crippen molar-refractivity contribution < 1.29 is 4.92 Å². The molecule has 0 radical (unpaired) electrons. The molecule has 0 aliphatic heterocycles. The van der Waals surface area contributed by atoms with Crippen LogP contribution in [-0.2, 0) is 0 Å². The number of rotatable bonds is 6. The predicted octanol–water partition coefficient (Wildman–Crippen LogP) is 4.88. The van der Waals surface area contributed by atoms with Crippen LogP contribution in [0.3, 0.4) is 0 Å². The first-order chi connectivity index (χ1) is 14.6. The third-order valence-electron chi connectivity index (χ3n) is 4.64. The average Bonchev–Trinajstić information content (AvgIpc) is 3.30. The van der Waals surface area contributed by atoms with E-state index >= 15 is 0 Å². The number of nitro benzene ring substituents is 1. The van der Waals surface area contributed by atoms with Crippen molar-refractivity contribution in [1.82, 2.24) is 9.66 Å². The van der Waals surface area contributed by atoms with Gasteiger partial charge in [0, 0.05) is 45.2 Å². The van der Waals surface area contributed by atoms with Gasteiger partial charge in [0.05, 0.1) is 23.4 Å². The van der Waals surface area contributed by atoms with Gasteiger partial charge >= 0.3 is 0 Å². The molecule has 2 heterocycles. The molecule has 0 atom stereocenters. The van der Waals surface area contributed by atoms with Crippen molar-refractivity contribution in [3.8, 4) is 11.3 Å². The fraction of sp³-hybridized carbons (Fsp3) is 0.0909. The zero-order valence-electron chi connectivity index (χ0n) is 16.3. The van der Waals surface area contributed by atoms with E-state index in [1.165, 1.54) is 17.4 Å². The number of aromatic nitrogens is 2. The van der Waals surface area contributed by atoms with E-state index in [2.05, 4.69) is 16.6 Å². The standard InChI is InChI=1S/C22H19N5O2S/c1-3-11-23-22-26(21(14-30-22)16-7-6-8-17(12-16)27(28)29)24-13-19-15(2)25-20-10-5-4-9-18(19)20/h3-10,12-14,25H,1,11H2,2H3. The maximum absolute atomic E-state index is 11.2. The normalized spacial score (nSPS) is 12.1. The van der Waals surface area contributed by atoms with Gasteiger partial charge in [-0.25, -0.2) is 4.68 Å². The largest absolute Gasteiger partial charge is 0.358 e. The highest BCUT2D eigenvalue weighted by Crippen LogP contribution is 2.25. The lowest BCUT2D eigenvalue weighted by Gasteiger charge is -2.04. The van der Waals surface area contributed by atoms with Crippen LogP contribution in [0.2, 0.25) is 0 Å². The van der Waals surface area contributed by atoms with E-state index in [4.69, 9.17) is 5.10 Å². The molecule has 0 amide bonds. The van der Waals surface area contributed by atoms with E-state index in [9.17, 15) is 10.1 Å². The first-order valence-electron chi connectivity index (χ1n) is 9.27. The Bertz CT molecular complexity index is 1340. The van der Waals surface area contributed by atoms with Gasteiger partial charge in [-0.15, -0.1) is 17.9 Å². The summed E-state index contributed by atoms with van der Waals surface area (Å²) < 4.78 is 1.72. The summed E-state index contributed by atoms with van der Waals surface area (Å²) in [5, 5.41) is 18.9. The monoisotopic (exact) mass is 417 g/mol. The van der Waals surface area contributed by atoms with E-state index in [0.29, 0.717) is 16.9 Å². The summed E-state index contributed by atoms with van der Waals surface area (Å²) in [6.07, 6.45) is 3.51. The van der Waals surface area contributed by atoms with Gasteiger partial charge in [-0.3, -0.25) is 15.1 Å². The number of nitrogens with one attached hydrogen (secondary N) is 1. The molecule has 4 rings (SSSR count). The quantitative estimate of drug-likeness (QED) is 0.210. The molecule has 2 aromatic heterocycles. The number of aryl methyl sites for hydroxylation is 1. The van der Waals surface area contributed by atoms with Crippen LogP contribution in [0.15, 0.2) is 76.7 Å². The van der Waals surface area contributed by atoms with Gasteiger partial charge in [0.25, 0.3) is 5.69 Å². The highest BCUT2D eigenvalue weighted by molar-refractivity contribution is 7.07. The van der Waals surface area contributed by atoms with Gasteiger partial charge in [-0.05, 0) is 13.0 Å². The number of nitro groups is 1. The van der Waals surface area contributed by atoms with Crippen molar-refractivity contribution in [2.75, 3.05) is 6.54 Å². The molecular weight excluding hydrogens is 398 g/mol. The number of para-hydroxylation sites is 1. The molecule has 2 aromatic carbocycles. The summed E-state index contributed by atoms with van der Waals surface area (Å²) >= 11 is 1.43. The smallest absolute Gasteiger partial charge is 0.270 e. The zero-order chi connectivity index (χ0) is 21.1. The molecule has 0 fully saturated rings. The Balaban J connectivity index is 1.85. The van der Waals surface area contributed by atoms with Gasteiger partial charge in [0.15, 0.2) is 0 Å². The topological polar surface area (TPSA) is 88.6 Å². The molecule has 30 heavy (non-hydrogen) atoms. The minimum atomic E-state index is -0.401. The fourth-order valence-corrected chi connectivity index (χ4v) is 4.07. The van der Waals surface area contributed by atoms with Crippen molar-refractivity contribution in [2.45, 2.75) is 6.92 Å². The van der Waals surface area contributed by atoms with Crippen molar-refractivity contribution >= 4 is 34.1 Å². The van der Waals surface area contributed by atoms with E-state index in [1.807, 2.05) is 42.6 Å². The average molecular weight is 417 g/mol. The summed E-state index contributed by atoms with van der Waals surface area (Å²) in [5.74, 6) is 0. The minimum Gasteiger partial charge on any atom is -0.358 e. The third kappa shape index (κ3) is 3.72. The fourth-order valence-electron chi connectivity index (χ4n) is 3.22. The zero-order valence-corrected chi connectivity index (χ0v) is 17.1. The second-order valence-corrected chi connectivity index (χ2v) is 7.44. The molecule has 4 aromatic rings. The highest BCUT2D eigenvalue weighted by Gasteiger charge is 2.12. The molecule has 0 aliphatic carbocycles. The van der Waals surface area contributed by atoms with Crippen LogP contribution in [0.1, 0.15) is 11.3 Å². The lowest BCUT2D eigenvalue weighted by atomic mass is 10.1. The second kappa shape index (κ2) is 8.30. The number of non-ortho nitro benzene ring substituents is 1. The number of aromatic amines is 1. The summed E-state index contributed by atoms with van der Waals surface area (Å²) in [4.78, 5) is 19.4. The maximum Gasteiger partial charge on any atom is 0.270 e. The predicted molar refractivity (Wildman–Crippen MR) is 121 cm³/mol. The molecule has 0 spiro atoms. The number of benzene rings is 2. The number of H-pyrrole nitrogens is 1. The summed E-state index contributed by atoms with van der Waals surface area (Å²) in [6, 6.07) is 14.6. The van der Waals surface area contributed by atoms with Crippen molar-refractivity contribution in [3.05, 3.63) is 92.7 Å². The van der Waals surface area contributed by atoms with E-state index in [0.717, 1.165) is 27.9 Å². The Labute approximate surface area is 176 Å². The molecule has 8 heteroatoms. The Morgan fingerprint density at radius 2 is 2.10 bits per heavy atom. The second-order valence-electron chi connectivity index (χ2n) is 6.61. The Morgan fingerprint density at radius 3 is 2.90 bits per heavy atom. The lowest BCUT2D eigenvalue weighted by molar-refractivity contribution is -0.384. The maximum atomic E-state index is 11.2. The molecule has 150 valence electrons. The van der Waals surface area contributed by atoms with Crippen molar-refractivity contribution in [1.29, 1.82) is 0 Å². The van der Waals surface area contributed by atoms with Crippen LogP contribution in [0, 0.1) is 17.0 Å². The van der Waals surface area contributed by atoms with Crippen molar-refractivity contribution in [3.63, 3.8) is 0 Å². The summed E-state index contributed by atoms with van der Waals surface area (Å²) in [7, 11) is 0. The van der Waals surface area contributed by atoms with Crippen LogP contribution >= 0.6 is 11.3 Å². The van der Waals surface area contributed by atoms with E-state index in [1.54, 1.807) is 29.1 Å². The first-order valence-corrected chi connectivity index (χ1v) is 10.1.